The van der Waals surface area contributed by atoms with Crippen molar-refractivity contribution in [2.45, 2.75) is 27.2 Å². The third-order valence-electron chi connectivity index (χ3n) is 4.42. The summed E-state index contributed by atoms with van der Waals surface area (Å²) in [4.78, 5) is 24.6. The molecule has 6 heteroatoms. The van der Waals surface area contributed by atoms with Crippen LogP contribution in [0.1, 0.15) is 36.7 Å². The molecule has 2 amide bonds. The quantitative estimate of drug-likeness (QED) is 0.672. The van der Waals surface area contributed by atoms with Gasteiger partial charge in [-0.15, -0.1) is 0 Å². The van der Waals surface area contributed by atoms with Gasteiger partial charge < -0.3 is 10.6 Å². The van der Waals surface area contributed by atoms with Gasteiger partial charge in [-0.2, -0.15) is 5.10 Å². The van der Waals surface area contributed by atoms with Gasteiger partial charge in [0.05, 0.1) is 11.9 Å². The molecule has 1 aromatic heterocycles. The number of amides is 2. The number of hydrogen-bond donors (Lipinski definition) is 2. The molecule has 1 heterocycles. The van der Waals surface area contributed by atoms with E-state index in [1.807, 2.05) is 68.2 Å². The Morgan fingerprint density at radius 3 is 2.52 bits per heavy atom. The maximum absolute atomic E-state index is 12.5. The number of aromatic nitrogens is 2. The molecule has 0 aliphatic heterocycles. The zero-order valence-electron chi connectivity index (χ0n) is 17.0. The lowest BCUT2D eigenvalue weighted by molar-refractivity contribution is -0.123. The Hall–Kier alpha value is -3.41. The minimum Gasteiger partial charge on any atom is -0.352 e. The Morgan fingerprint density at radius 2 is 1.79 bits per heavy atom. The van der Waals surface area contributed by atoms with Gasteiger partial charge in [0.2, 0.25) is 5.91 Å². The predicted molar refractivity (Wildman–Crippen MR) is 114 cm³/mol. The minimum absolute atomic E-state index is 0.0921. The topological polar surface area (TPSA) is 76.0 Å². The van der Waals surface area contributed by atoms with Crippen molar-refractivity contribution in [3.05, 3.63) is 78.1 Å². The standard InChI is InChI=1S/C23H26N4O2/c1-23(2,3)22(29)26-19-9-7-8-18(14-19)21(28)24-13-12-17-15-25-27(16-17)20-10-5-4-6-11-20/h4-11,14-16H,12-13H2,1-3H3,(H,24,28)(H,26,29). The molecule has 0 unspecified atom stereocenters. The molecule has 0 aliphatic rings. The second kappa shape index (κ2) is 8.73. The second-order valence-corrected chi connectivity index (χ2v) is 7.92. The number of para-hydroxylation sites is 1. The van der Waals surface area contributed by atoms with Crippen LogP contribution < -0.4 is 10.6 Å². The van der Waals surface area contributed by atoms with Crippen molar-refractivity contribution in [3.8, 4) is 5.69 Å². The lowest BCUT2D eigenvalue weighted by Crippen LogP contribution is -2.28. The largest absolute Gasteiger partial charge is 0.352 e. The molecule has 0 atom stereocenters. The first-order valence-corrected chi connectivity index (χ1v) is 9.61. The van der Waals surface area contributed by atoms with Crippen LogP contribution in [-0.4, -0.2) is 28.1 Å². The van der Waals surface area contributed by atoms with E-state index in [-0.39, 0.29) is 11.8 Å². The van der Waals surface area contributed by atoms with E-state index in [0.717, 1.165) is 11.3 Å². The van der Waals surface area contributed by atoms with Crippen molar-refractivity contribution in [1.29, 1.82) is 0 Å². The molecule has 0 bridgehead atoms. The first-order chi connectivity index (χ1) is 13.8. The van der Waals surface area contributed by atoms with Crippen LogP contribution in [0, 0.1) is 5.41 Å². The highest BCUT2D eigenvalue weighted by atomic mass is 16.2. The number of anilines is 1. The second-order valence-electron chi connectivity index (χ2n) is 7.92. The molecule has 6 nitrogen and oxygen atoms in total. The molecule has 3 aromatic rings. The normalized spacial score (nSPS) is 11.1. The van der Waals surface area contributed by atoms with E-state index in [1.165, 1.54) is 0 Å². The molecular weight excluding hydrogens is 364 g/mol. The zero-order valence-corrected chi connectivity index (χ0v) is 17.0. The Labute approximate surface area is 170 Å². The van der Waals surface area contributed by atoms with Crippen molar-refractivity contribution in [3.63, 3.8) is 0 Å². The van der Waals surface area contributed by atoms with E-state index in [1.54, 1.807) is 24.3 Å². The summed E-state index contributed by atoms with van der Waals surface area (Å²) in [5, 5.41) is 10.1. The zero-order chi connectivity index (χ0) is 20.9. The summed E-state index contributed by atoms with van der Waals surface area (Å²) in [5.74, 6) is -0.266. The van der Waals surface area contributed by atoms with Crippen LogP contribution in [0.5, 0.6) is 0 Å². The van der Waals surface area contributed by atoms with E-state index in [2.05, 4.69) is 15.7 Å². The molecular formula is C23H26N4O2. The number of nitrogens with zero attached hydrogens (tertiary/aromatic N) is 2. The molecule has 3 rings (SSSR count). The number of carbonyl (C=O) groups excluding carboxylic acids is 2. The van der Waals surface area contributed by atoms with E-state index in [9.17, 15) is 9.59 Å². The maximum atomic E-state index is 12.5. The third kappa shape index (κ3) is 5.54. The van der Waals surface area contributed by atoms with Gasteiger partial charge in [0.15, 0.2) is 0 Å². The molecule has 0 fully saturated rings. The molecule has 0 saturated heterocycles. The van der Waals surface area contributed by atoms with Crippen molar-refractivity contribution >= 4 is 17.5 Å². The fraction of sp³-hybridized carbons (Fsp3) is 0.261. The van der Waals surface area contributed by atoms with Gasteiger partial charge in [0, 0.05) is 29.4 Å². The fourth-order valence-electron chi connectivity index (χ4n) is 2.69. The number of hydrogen-bond acceptors (Lipinski definition) is 3. The van der Waals surface area contributed by atoms with Crippen LogP contribution in [0.4, 0.5) is 5.69 Å². The van der Waals surface area contributed by atoms with E-state index in [0.29, 0.717) is 24.2 Å². The van der Waals surface area contributed by atoms with Crippen LogP contribution in [0.15, 0.2) is 67.0 Å². The lowest BCUT2D eigenvalue weighted by atomic mass is 9.95. The molecule has 0 radical (unpaired) electrons. The highest BCUT2D eigenvalue weighted by molar-refractivity contribution is 5.98. The number of rotatable bonds is 6. The Balaban J connectivity index is 1.54. The average Bonchev–Trinajstić information content (AvgIpc) is 3.17. The lowest BCUT2D eigenvalue weighted by Gasteiger charge is -2.18. The highest BCUT2D eigenvalue weighted by Gasteiger charge is 2.21. The van der Waals surface area contributed by atoms with Gasteiger partial charge in [-0.3, -0.25) is 9.59 Å². The highest BCUT2D eigenvalue weighted by Crippen LogP contribution is 2.18. The van der Waals surface area contributed by atoms with Crippen molar-refractivity contribution in [1.82, 2.24) is 15.1 Å². The summed E-state index contributed by atoms with van der Waals surface area (Å²) >= 11 is 0. The summed E-state index contributed by atoms with van der Waals surface area (Å²) in [7, 11) is 0. The summed E-state index contributed by atoms with van der Waals surface area (Å²) in [5.41, 5.74) is 2.67. The Morgan fingerprint density at radius 1 is 1.03 bits per heavy atom. The summed E-state index contributed by atoms with van der Waals surface area (Å²) in [6.45, 7) is 6.04. The van der Waals surface area contributed by atoms with E-state index < -0.39 is 5.41 Å². The van der Waals surface area contributed by atoms with Crippen LogP contribution in [0.25, 0.3) is 5.69 Å². The van der Waals surface area contributed by atoms with Crippen LogP contribution >= 0.6 is 0 Å². The van der Waals surface area contributed by atoms with Gasteiger partial charge in [-0.25, -0.2) is 4.68 Å². The number of benzene rings is 2. The van der Waals surface area contributed by atoms with Crippen LogP contribution in [0.3, 0.4) is 0 Å². The number of carbonyl (C=O) groups is 2. The minimum atomic E-state index is -0.498. The smallest absolute Gasteiger partial charge is 0.251 e. The monoisotopic (exact) mass is 390 g/mol. The molecule has 2 N–H and O–H groups in total. The summed E-state index contributed by atoms with van der Waals surface area (Å²) < 4.78 is 1.82. The van der Waals surface area contributed by atoms with Crippen LogP contribution in [0.2, 0.25) is 0 Å². The Bertz CT molecular complexity index is 987. The van der Waals surface area contributed by atoms with Crippen molar-refractivity contribution < 1.29 is 9.59 Å². The van der Waals surface area contributed by atoms with Crippen molar-refractivity contribution in [2.24, 2.45) is 5.41 Å². The molecule has 0 saturated carbocycles. The van der Waals surface area contributed by atoms with Crippen molar-refractivity contribution in [2.75, 3.05) is 11.9 Å². The number of nitrogens with one attached hydrogen (secondary N) is 2. The average molecular weight is 390 g/mol. The van der Waals surface area contributed by atoms with E-state index in [4.69, 9.17) is 0 Å². The van der Waals surface area contributed by atoms with Gasteiger partial charge in [0.1, 0.15) is 0 Å². The molecule has 29 heavy (non-hydrogen) atoms. The fourth-order valence-corrected chi connectivity index (χ4v) is 2.69. The van der Waals surface area contributed by atoms with Gasteiger partial charge in [0.25, 0.3) is 5.91 Å². The summed E-state index contributed by atoms with van der Waals surface area (Å²) in [6.07, 6.45) is 4.45. The summed E-state index contributed by atoms with van der Waals surface area (Å²) in [6, 6.07) is 16.8. The van der Waals surface area contributed by atoms with Gasteiger partial charge in [-0.05, 0) is 42.3 Å². The molecule has 0 aliphatic carbocycles. The molecule has 0 spiro atoms. The first-order valence-electron chi connectivity index (χ1n) is 9.61. The molecule has 150 valence electrons. The van der Waals surface area contributed by atoms with Gasteiger partial charge in [-0.1, -0.05) is 45.0 Å². The van der Waals surface area contributed by atoms with Gasteiger partial charge >= 0.3 is 0 Å². The molecule has 2 aromatic carbocycles. The SMILES string of the molecule is CC(C)(C)C(=O)Nc1cccc(C(=O)NCCc2cnn(-c3ccccc3)c2)c1. The first kappa shape index (κ1) is 20.3. The Kier molecular flexibility index (Phi) is 6.12. The predicted octanol–water partition coefficient (Wildman–Crippen LogP) is 3.83. The van der Waals surface area contributed by atoms with Crippen LogP contribution in [-0.2, 0) is 11.2 Å². The third-order valence-corrected chi connectivity index (χ3v) is 4.42. The van der Waals surface area contributed by atoms with E-state index >= 15 is 0 Å². The maximum Gasteiger partial charge on any atom is 0.251 e.